The van der Waals surface area contributed by atoms with Gasteiger partial charge in [0.15, 0.2) is 0 Å². The van der Waals surface area contributed by atoms with E-state index < -0.39 is 11.9 Å². The maximum absolute atomic E-state index is 11.4. The van der Waals surface area contributed by atoms with E-state index in [-0.39, 0.29) is 16.3 Å². The lowest BCUT2D eigenvalue weighted by Crippen LogP contribution is -2.04. The van der Waals surface area contributed by atoms with Gasteiger partial charge in [0, 0.05) is 11.9 Å². The van der Waals surface area contributed by atoms with Gasteiger partial charge in [0.1, 0.15) is 5.69 Å². The number of anilines is 2. The van der Waals surface area contributed by atoms with Crippen molar-refractivity contribution in [3.05, 3.63) is 52.8 Å². The van der Waals surface area contributed by atoms with E-state index in [4.69, 9.17) is 16.7 Å². The average molecular weight is 307 g/mol. The molecule has 0 aliphatic carbocycles. The van der Waals surface area contributed by atoms with E-state index in [0.29, 0.717) is 11.4 Å². The zero-order chi connectivity index (χ0) is 15.4. The minimum atomic E-state index is -1.06. The first-order valence-corrected chi connectivity index (χ1v) is 6.23. The van der Waals surface area contributed by atoms with E-state index in [1.807, 2.05) is 0 Å². The van der Waals surface area contributed by atoms with Crippen LogP contribution in [-0.2, 0) is 4.74 Å². The molecular formula is C14H11ClN2O4. The summed E-state index contributed by atoms with van der Waals surface area (Å²) < 4.78 is 4.59. The van der Waals surface area contributed by atoms with Gasteiger partial charge >= 0.3 is 11.9 Å². The number of carbonyl (C=O) groups is 2. The van der Waals surface area contributed by atoms with Gasteiger partial charge < -0.3 is 15.2 Å². The molecule has 0 bridgehead atoms. The second kappa shape index (κ2) is 6.23. The first-order chi connectivity index (χ1) is 10.0. The number of nitrogens with one attached hydrogen (secondary N) is 1. The Kier molecular flexibility index (Phi) is 4.39. The Morgan fingerprint density at radius 2 is 2.05 bits per heavy atom. The lowest BCUT2D eigenvalue weighted by atomic mass is 10.2. The fraction of sp³-hybridized carbons (Fsp3) is 0.0714. The smallest absolute Gasteiger partial charge is 0.356 e. The van der Waals surface area contributed by atoms with E-state index in [1.165, 1.54) is 31.5 Å². The van der Waals surface area contributed by atoms with Crippen molar-refractivity contribution in [1.29, 1.82) is 0 Å². The summed E-state index contributed by atoms with van der Waals surface area (Å²) in [5, 5.41) is 12.1. The summed E-state index contributed by atoms with van der Waals surface area (Å²) in [5.74, 6) is -1.61. The molecule has 1 aromatic carbocycles. The number of hydrogen-bond acceptors (Lipinski definition) is 5. The molecule has 2 N–H and O–H groups in total. The van der Waals surface area contributed by atoms with E-state index in [2.05, 4.69) is 15.0 Å². The zero-order valence-electron chi connectivity index (χ0n) is 11.0. The molecule has 0 spiro atoms. The number of pyridine rings is 1. The highest BCUT2D eigenvalue weighted by atomic mass is 35.5. The molecule has 108 valence electrons. The number of hydrogen-bond donors (Lipinski definition) is 2. The van der Waals surface area contributed by atoms with Gasteiger partial charge in [-0.25, -0.2) is 14.6 Å². The van der Waals surface area contributed by atoms with Gasteiger partial charge in [-0.1, -0.05) is 11.6 Å². The predicted octanol–water partition coefficient (Wildman–Crippen LogP) is 2.96. The Balaban J connectivity index is 2.26. The Bertz CT molecular complexity index is 703. The van der Waals surface area contributed by atoms with Gasteiger partial charge in [-0.05, 0) is 30.3 Å². The number of aromatic carboxylic acids is 1. The third kappa shape index (κ3) is 3.49. The Labute approximate surface area is 125 Å². The molecule has 0 aliphatic heterocycles. The second-order valence-corrected chi connectivity index (χ2v) is 4.45. The number of nitrogens with zero attached hydrogens (tertiary/aromatic N) is 1. The number of methoxy groups -OCH3 is 1. The summed E-state index contributed by atoms with van der Waals surface area (Å²) in [6, 6.07) is 7.47. The summed E-state index contributed by atoms with van der Waals surface area (Å²) in [5.41, 5.74) is 1.34. The van der Waals surface area contributed by atoms with Crippen LogP contribution in [-0.4, -0.2) is 29.1 Å². The van der Waals surface area contributed by atoms with Crippen LogP contribution in [0, 0.1) is 0 Å². The van der Waals surface area contributed by atoms with Gasteiger partial charge in [0.25, 0.3) is 0 Å². The quantitative estimate of drug-likeness (QED) is 0.844. The summed E-state index contributed by atoms with van der Waals surface area (Å²) in [6.07, 6.45) is 1.45. The monoisotopic (exact) mass is 306 g/mol. The van der Waals surface area contributed by atoms with E-state index in [1.54, 1.807) is 12.1 Å². The summed E-state index contributed by atoms with van der Waals surface area (Å²) in [7, 11) is 1.27. The largest absolute Gasteiger partial charge is 0.478 e. The molecule has 1 aromatic heterocycles. The molecule has 0 fully saturated rings. The van der Waals surface area contributed by atoms with Crippen LogP contribution < -0.4 is 5.32 Å². The molecule has 1 heterocycles. The first kappa shape index (κ1) is 14.8. The maximum atomic E-state index is 11.4. The van der Waals surface area contributed by atoms with Gasteiger partial charge in [0.05, 0.1) is 23.4 Å². The van der Waals surface area contributed by atoms with Crippen LogP contribution in [0.5, 0.6) is 0 Å². The van der Waals surface area contributed by atoms with Crippen LogP contribution in [0.1, 0.15) is 20.8 Å². The third-order valence-corrected chi connectivity index (χ3v) is 2.96. The minimum Gasteiger partial charge on any atom is -0.478 e. The highest BCUT2D eigenvalue weighted by Crippen LogP contribution is 2.26. The summed E-state index contributed by atoms with van der Waals surface area (Å²) in [4.78, 5) is 26.1. The van der Waals surface area contributed by atoms with Crippen LogP contribution in [0.2, 0.25) is 5.02 Å². The van der Waals surface area contributed by atoms with E-state index in [9.17, 15) is 9.59 Å². The number of esters is 1. The SMILES string of the molecule is COC(=O)c1cc(Nc2ccc(C(=O)O)cc2Cl)ccn1. The number of aromatic nitrogens is 1. The van der Waals surface area contributed by atoms with Gasteiger partial charge in [-0.2, -0.15) is 0 Å². The Hall–Kier alpha value is -2.60. The van der Waals surface area contributed by atoms with Gasteiger partial charge in [-0.3, -0.25) is 0 Å². The summed E-state index contributed by atoms with van der Waals surface area (Å²) in [6.45, 7) is 0. The molecular weight excluding hydrogens is 296 g/mol. The molecule has 7 heteroatoms. The standard InChI is InChI=1S/C14H11ClN2O4/c1-21-14(20)12-7-9(4-5-16-12)17-11-3-2-8(13(18)19)6-10(11)15/h2-7H,1H3,(H,16,17)(H,18,19). The molecule has 0 saturated heterocycles. The van der Waals surface area contributed by atoms with Crippen molar-refractivity contribution in [3.63, 3.8) is 0 Å². The number of rotatable bonds is 4. The molecule has 2 aromatic rings. The number of benzene rings is 1. The van der Waals surface area contributed by atoms with Crippen molar-refractivity contribution >= 4 is 34.9 Å². The van der Waals surface area contributed by atoms with Crippen molar-refractivity contribution in [2.75, 3.05) is 12.4 Å². The number of carbonyl (C=O) groups excluding carboxylic acids is 1. The molecule has 0 saturated carbocycles. The molecule has 0 radical (unpaired) electrons. The van der Waals surface area contributed by atoms with Crippen molar-refractivity contribution < 1.29 is 19.4 Å². The third-order valence-electron chi connectivity index (χ3n) is 2.65. The second-order valence-electron chi connectivity index (χ2n) is 4.05. The average Bonchev–Trinajstić information content (AvgIpc) is 2.48. The molecule has 2 rings (SSSR count). The highest BCUT2D eigenvalue weighted by molar-refractivity contribution is 6.33. The highest BCUT2D eigenvalue weighted by Gasteiger charge is 2.10. The maximum Gasteiger partial charge on any atom is 0.356 e. The summed E-state index contributed by atoms with van der Waals surface area (Å²) >= 11 is 6.02. The molecule has 6 nitrogen and oxygen atoms in total. The molecule has 0 amide bonds. The van der Waals surface area contributed by atoms with Crippen molar-refractivity contribution in [2.45, 2.75) is 0 Å². The first-order valence-electron chi connectivity index (χ1n) is 5.85. The van der Waals surface area contributed by atoms with Crippen LogP contribution in [0.25, 0.3) is 0 Å². The van der Waals surface area contributed by atoms with E-state index in [0.717, 1.165) is 0 Å². The molecule has 0 atom stereocenters. The molecule has 0 unspecified atom stereocenters. The van der Waals surface area contributed by atoms with Crippen molar-refractivity contribution in [3.8, 4) is 0 Å². The zero-order valence-corrected chi connectivity index (χ0v) is 11.7. The number of halogens is 1. The number of carboxylic acids is 1. The van der Waals surface area contributed by atoms with Crippen LogP contribution in [0.4, 0.5) is 11.4 Å². The van der Waals surface area contributed by atoms with Gasteiger partial charge in [0.2, 0.25) is 0 Å². The topological polar surface area (TPSA) is 88.5 Å². The van der Waals surface area contributed by atoms with Crippen LogP contribution in [0.3, 0.4) is 0 Å². The van der Waals surface area contributed by atoms with E-state index >= 15 is 0 Å². The predicted molar refractivity (Wildman–Crippen MR) is 77.3 cm³/mol. The normalized spacial score (nSPS) is 10.0. The number of carboxylic acid groups (broad SMARTS) is 1. The fourth-order valence-electron chi connectivity index (χ4n) is 1.63. The molecule has 0 aliphatic rings. The molecule has 21 heavy (non-hydrogen) atoms. The van der Waals surface area contributed by atoms with Gasteiger partial charge in [-0.15, -0.1) is 0 Å². The Morgan fingerprint density at radius 3 is 2.67 bits per heavy atom. The Morgan fingerprint density at radius 1 is 1.29 bits per heavy atom. The minimum absolute atomic E-state index is 0.0931. The van der Waals surface area contributed by atoms with Crippen molar-refractivity contribution in [2.24, 2.45) is 0 Å². The van der Waals surface area contributed by atoms with Crippen LogP contribution in [0.15, 0.2) is 36.5 Å². The fourth-order valence-corrected chi connectivity index (χ4v) is 1.86. The lowest BCUT2D eigenvalue weighted by molar-refractivity contribution is 0.0593. The van der Waals surface area contributed by atoms with Crippen LogP contribution >= 0.6 is 11.6 Å². The number of ether oxygens (including phenoxy) is 1. The van der Waals surface area contributed by atoms with Crippen molar-refractivity contribution in [1.82, 2.24) is 4.98 Å². The lowest BCUT2D eigenvalue weighted by Gasteiger charge is -2.09.